The minimum atomic E-state index is -0.826. The standard InChI is InChI=1S/C25H28N2O4S/c1-31-18-5-6-19(16(12-18)4-2-10-28)17-13-20-21-15-26(25(29)30)9-7-22(21)27-8-3-11-32-23(14-17)24(20)27/h2,4-6,12-14,21-22,28H,3,7-11,15H2,1H3,(H,29,30)/b4-2-/t21-,22-/m0/s1. The van der Waals surface area contributed by atoms with Crippen LogP contribution < -0.4 is 9.64 Å². The largest absolute Gasteiger partial charge is 0.497 e. The van der Waals surface area contributed by atoms with Crippen LogP contribution >= 0.6 is 11.8 Å². The number of benzene rings is 2. The molecule has 2 N–H and O–H groups in total. The van der Waals surface area contributed by atoms with Crippen molar-refractivity contribution in [2.45, 2.75) is 29.7 Å². The van der Waals surface area contributed by atoms with Gasteiger partial charge in [0.05, 0.1) is 19.4 Å². The maximum absolute atomic E-state index is 11.7. The van der Waals surface area contributed by atoms with Gasteiger partial charge >= 0.3 is 6.09 Å². The SMILES string of the molecule is COc1ccc(-c2cc3c4c(c2)[C@@H]2CN(C(=O)O)CC[C@@H]2N4CCCS3)c(/C=C\CO)c1. The van der Waals surface area contributed by atoms with E-state index in [0.717, 1.165) is 47.6 Å². The molecule has 5 rings (SSSR count). The summed E-state index contributed by atoms with van der Waals surface area (Å²) in [5.74, 6) is 2.06. The van der Waals surface area contributed by atoms with Crippen molar-refractivity contribution in [2.24, 2.45) is 0 Å². The van der Waals surface area contributed by atoms with Crippen LogP contribution in [0.25, 0.3) is 17.2 Å². The van der Waals surface area contributed by atoms with Gasteiger partial charge < -0.3 is 24.7 Å². The van der Waals surface area contributed by atoms with Gasteiger partial charge in [0.2, 0.25) is 0 Å². The third kappa shape index (κ3) is 3.63. The number of aliphatic hydroxyl groups excluding tert-OH is 1. The van der Waals surface area contributed by atoms with Crippen molar-refractivity contribution in [3.05, 3.63) is 47.5 Å². The van der Waals surface area contributed by atoms with Crippen molar-refractivity contribution >= 4 is 29.6 Å². The number of anilines is 1. The van der Waals surface area contributed by atoms with Crippen molar-refractivity contribution in [2.75, 3.05) is 44.0 Å². The molecule has 1 saturated heterocycles. The molecule has 7 heteroatoms. The third-order valence-electron chi connectivity index (χ3n) is 6.81. The van der Waals surface area contributed by atoms with Crippen LogP contribution in [0, 0.1) is 0 Å². The van der Waals surface area contributed by atoms with Gasteiger partial charge in [-0.05, 0) is 65.1 Å². The third-order valence-corrected chi connectivity index (χ3v) is 7.93. The molecule has 3 heterocycles. The van der Waals surface area contributed by atoms with Gasteiger partial charge in [0.25, 0.3) is 0 Å². The van der Waals surface area contributed by atoms with E-state index in [9.17, 15) is 15.0 Å². The average Bonchev–Trinajstić information content (AvgIpc) is 2.97. The number of aliphatic hydroxyl groups is 1. The number of hydrogen-bond acceptors (Lipinski definition) is 5. The second-order valence-corrected chi connectivity index (χ2v) is 9.67. The quantitative estimate of drug-likeness (QED) is 0.711. The van der Waals surface area contributed by atoms with Crippen molar-refractivity contribution < 1.29 is 19.7 Å². The number of carbonyl (C=O) groups is 1. The molecule has 3 aliphatic rings. The van der Waals surface area contributed by atoms with Crippen LogP contribution in [0.5, 0.6) is 5.75 Å². The number of thioether (sulfide) groups is 1. The maximum Gasteiger partial charge on any atom is 0.407 e. The van der Waals surface area contributed by atoms with Crippen LogP contribution in [-0.4, -0.2) is 66.4 Å². The Morgan fingerprint density at radius 2 is 2.16 bits per heavy atom. The first-order valence-corrected chi connectivity index (χ1v) is 12.1. The molecule has 0 unspecified atom stereocenters. The highest BCUT2D eigenvalue weighted by Crippen LogP contribution is 2.52. The van der Waals surface area contributed by atoms with E-state index in [-0.39, 0.29) is 12.5 Å². The summed E-state index contributed by atoms with van der Waals surface area (Å²) in [5.41, 5.74) is 5.79. The fraction of sp³-hybridized carbons (Fsp3) is 0.400. The Labute approximate surface area is 192 Å². The topological polar surface area (TPSA) is 73.2 Å². The van der Waals surface area contributed by atoms with Crippen molar-refractivity contribution in [3.63, 3.8) is 0 Å². The van der Waals surface area contributed by atoms with Crippen LogP contribution in [0.15, 0.2) is 41.3 Å². The van der Waals surface area contributed by atoms with Gasteiger partial charge in [0.1, 0.15) is 5.75 Å². The Bertz CT molecular complexity index is 1070. The van der Waals surface area contributed by atoms with E-state index in [2.05, 4.69) is 23.1 Å². The van der Waals surface area contributed by atoms with Gasteiger partial charge in [-0.25, -0.2) is 4.79 Å². The van der Waals surface area contributed by atoms with Gasteiger partial charge in [-0.3, -0.25) is 0 Å². The first kappa shape index (κ1) is 21.2. The summed E-state index contributed by atoms with van der Waals surface area (Å²) in [6, 6.07) is 10.9. The number of fused-ring (bicyclic) bond motifs is 3. The summed E-state index contributed by atoms with van der Waals surface area (Å²) in [6.45, 7) is 2.17. The lowest BCUT2D eigenvalue weighted by atomic mass is 9.87. The number of nitrogens with zero attached hydrogens (tertiary/aromatic N) is 2. The monoisotopic (exact) mass is 452 g/mol. The molecule has 2 atom stereocenters. The van der Waals surface area contributed by atoms with Gasteiger partial charge in [-0.15, -0.1) is 11.8 Å². The normalized spacial score (nSPS) is 21.9. The number of carboxylic acid groups (broad SMARTS) is 1. The first-order valence-electron chi connectivity index (χ1n) is 11.1. The molecule has 1 amide bonds. The summed E-state index contributed by atoms with van der Waals surface area (Å²) < 4.78 is 5.42. The number of ether oxygens (including phenoxy) is 1. The molecule has 0 saturated carbocycles. The van der Waals surface area contributed by atoms with E-state index in [1.807, 2.05) is 30.0 Å². The van der Waals surface area contributed by atoms with Gasteiger partial charge in [0, 0.05) is 36.5 Å². The van der Waals surface area contributed by atoms with E-state index >= 15 is 0 Å². The van der Waals surface area contributed by atoms with Gasteiger partial charge in [-0.2, -0.15) is 0 Å². The number of piperidine rings is 1. The lowest BCUT2D eigenvalue weighted by Gasteiger charge is -2.37. The molecule has 0 aromatic heterocycles. The highest BCUT2D eigenvalue weighted by molar-refractivity contribution is 7.99. The maximum atomic E-state index is 11.7. The molecule has 0 aliphatic carbocycles. The summed E-state index contributed by atoms with van der Waals surface area (Å²) >= 11 is 1.91. The molecule has 0 bridgehead atoms. The predicted molar refractivity (Wildman–Crippen MR) is 128 cm³/mol. The molecule has 2 aromatic rings. The Kier molecular flexibility index (Phi) is 5.78. The molecule has 6 nitrogen and oxygen atoms in total. The van der Waals surface area contributed by atoms with Crippen molar-refractivity contribution in [1.29, 1.82) is 0 Å². The fourth-order valence-electron chi connectivity index (χ4n) is 5.39. The molecule has 3 aliphatic heterocycles. The Morgan fingerprint density at radius 3 is 2.94 bits per heavy atom. The lowest BCUT2D eigenvalue weighted by molar-refractivity contribution is 0.127. The summed E-state index contributed by atoms with van der Waals surface area (Å²) in [5, 5.41) is 18.9. The van der Waals surface area contributed by atoms with E-state index < -0.39 is 6.09 Å². The molecule has 2 aromatic carbocycles. The van der Waals surface area contributed by atoms with Crippen molar-refractivity contribution in [3.8, 4) is 16.9 Å². The smallest absolute Gasteiger partial charge is 0.407 e. The number of likely N-dealkylation sites (tertiary alicyclic amines) is 1. The minimum absolute atomic E-state index is 0.0221. The highest BCUT2D eigenvalue weighted by Gasteiger charge is 2.44. The summed E-state index contributed by atoms with van der Waals surface area (Å²) in [6.07, 6.45) is 4.84. The first-order chi connectivity index (χ1) is 15.6. The Morgan fingerprint density at radius 1 is 1.28 bits per heavy atom. The minimum Gasteiger partial charge on any atom is -0.497 e. The molecular formula is C25H28N2O4S. The van der Waals surface area contributed by atoms with Crippen LogP contribution in [0.2, 0.25) is 0 Å². The molecule has 32 heavy (non-hydrogen) atoms. The zero-order valence-corrected chi connectivity index (χ0v) is 19.0. The molecule has 0 radical (unpaired) electrons. The van der Waals surface area contributed by atoms with Crippen LogP contribution in [0.1, 0.15) is 29.9 Å². The second kappa shape index (κ2) is 8.71. The highest BCUT2D eigenvalue weighted by atomic mass is 32.2. The van der Waals surface area contributed by atoms with E-state index in [4.69, 9.17) is 4.74 Å². The zero-order valence-electron chi connectivity index (χ0n) is 18.2. The molecule has 1 fully saturated rings. The summed E-state index contributed by atoms with van der Waals surface area (Å²) in [4.78, 5) is 17.1. The molecular weight excluding hydrogens is 424 g/mol. The molecule has 168 valence electrons. The average molecular weight is 453 g/mol. The number of hydrogen-bond donors (Lipinski definition) is 2. The molecule has 0 spiro atoms. The van der Waals surface area contributed by atoms with E-state index in [0.29, 0.717) is 19.1 Å². The van der Waals surface area contributed by atoms with E-state index in [1.54, 1.807) is 18.1 Å². The lowest BCUT2D eigenvalue weighted by Crippen LogP contribution is -2.48. The predicted octanol–water partition coefficient (Wildman–Crippen LogP) is 4.52. The Hall–Kier alpha value is -2.64. The number of rotatable bonds is 4. The zero-order chi connectivity index (χ0) is 22.2. The number of methoxy groups -OCH3 is 1. The van der Waals surface area contributed by atoms with Gasteiger partial charge in [0.15, 0.2) is 0 Å². The second-order valence-electron chi connectivity index (χ2n) is 8.54. The summed E-state index contributed by atoms with van der Waals surface area (Å²) in [7, 11) is 1.65. The Balaban J connectivity index is 1.64. The van der Waals surface area contributed by atoms with Crippen LogP contribution in [-0.2, 0) is 0 Å². The number of amides is 1. The fourth-order valence-corrected chi connectivity index (χ4v) is 6.46. The van der Waals surface area contributed by atoms with E-state index in [1.165, 1.54) is 16.1 Å². The van der Waals surface area contributed by atoms with Crippen molar-refractivity contribution in [1.82, 2.24) is 4.90 Å². The van der Waals surface area contributed by atoms with Gasteiger partial charge in [-0.1, -0.05) is 18.2 Å². The van der Waals surface area contributed by atoms with Crippen LogP contribution in [0.3, 0.4) is 0 Å². The van der Waals surface area contributed by atoms with Crippen LogP contribution in [0.4, 0.5) is 10.5 Å².